The standard InChI is InChI=1S/C10H15N3/c1-9(2,11)10(4-5-10)8-3-6-12-7-13-8/h3,6-7H,4-5,11H2,1-2H3. The second kappa shape index (κ2) is 2.51. The van der Waals surface area contributed by atoms with Gasteiger partial charge in [-0.05, 0) is 32.8 Å². The van der Waals surface area contributed by atoms with Crippen molar-refractivity contribution in [3.05, 3.63) is 24.3 Å². The molecule has 2 N–H and O–H groups in total. The SMILES string of the molecule is CC(C)(N)C1(c2ccncn2)CC1. The second-order valence-electron chi connectivity index (χ2n) is 4.40. The van der Waals surface area contributed by atoms with Crippen molar-refractivity contribution in [2.45, 2.75) is 37.6 Å². The molecule has 0 atom stereocenters. The Morgan fingerprint density at radius 3 is 2.54 bits per heavy atom. The molecule has 0 radical (unpaired) electrons. The normalized spacial score (nSPS) is 19.9. The molecule has 1 saturated carbocycles. The molecule has 70 valence electrons. The Morgan fingerprint density at radius 1 is 1.46 bits per heavy atom. The van der Waals surface area contributed by atoms with Crippen LogP contribution in [0.4, 0.5) is 0 Å². The van der Waals surface area contributed by atoms with E-state index < -0.39 is 0 Å². The van der Waals surface area contributed by atoms with Crippen LogP contribution < -0.4 is 5.73 Å². The quantitative estimate of drug-likeness (QED) is 0.739. The zero-order valence-electron chi connectivity index (χ0n) is 8.12. The summed E-state index contributed by atoms with van der Waals surface area (Å²) in [6, 6.07) is 1.97. The van der Waals surface area contributed by atoms with Crippen LogP contribution in [0.3, 0.4) is 0 Å². The van der Waals surface area contributed by atoms with Gasteiger partial charge in [0.1, 0.15) is 6.33 Å². The number of hydrogen-bond acceptors (Lipinski definition) is 3. The van der Waals surface area contributed by atoms with Gasteiger partial charge in [-0.25, -0.2) is 9.97 Å². The van der Waals surface area contributed by atoms with Crippen molar-refractivity contribution >= 4 is 0 Å². The third-order valence-electron chi connectivity index (χ3n) is 3.06. The summed E-state index contributed by atoms with van der Waals surface area (Å²) in [5.74, 6) is 0. The average Bonchev–Trinajstić information content (AvgIpc) is 2.84. The summed E-state index contributed by atoms with van der Waals surface area (Å²) < 4.78 is 0. The van der Waals surface area contributed by atoms with Crippen molar-refractivity contribution in [3.63, 3.8) is 0 Å². The van der Waals surface area contributed by atoms with Gasteiger partial charge in [0.2, 0.25) is 0 Å². The van der Waals surface area contributed by atoms with Gasteiger partial charge in [0.05, 0.1) is 5.69 Å². The van der Waals surface area contributed by atoms with E-state index in [1.807, 2.05) is 6.07 Å². The van der Waals surface area contributed by atoms with Crippen molar-refractivity contribution in [1.82, 2.24) is 9.97 Å². The van der Waals surface area contributed by atoms with Gasteiger partial charge < -0.3 is 5.73 Å². The van der Waals surface area contributed by atoms with Crippen LogP contribution in [0.2, 0.25) is 0 Å². The van der Waals surface area contributed by atoms with Gasteiger partial charge in [0.25, 0.3) is 0 Å². The summed E-state index contributed by atoms with van der Waals surface area (Å²) in [4.78, 5) is 8.21. The lowest BCUT2D eigenvalue weighted by atomic mass is 9.82. The van der Waals surface area contributed by atoms with Crippen LogP contribution in [-0.4, -0.2) is 15.5 Å². The predicted molar refractivity (Wildman–Crippen MR) is 51.2 cm³/mol. The van der Waals surface area contributed by atoms with Crippen LogP contribution in [0.5, 0.6) is 0 Å². The topological polar surface area (TPSA) is 51.8 Å². The maximum Gasteiger partial charge on any atom is 0.115 e. The van der Waals surface area contributed by atoms with Crippen molar-refractivity contribution in [2.24, 2.45) is 5.73 Å². The van der Waals surface area contributed by atoms with E-state index in [9.17, 15) is 0 Å². The molecule has 3 nitrogen and oxygen atoms in total. The Labute approximate surface area is 78.4 Å². The fourth-order valence-corrected chi connectivity index (χ4v) is 1.93. The summed E-state index contributed by atoms with van der Waals surface area (Å²) in [5.41, 5.74) is 7.17. The minimum Gasteiger partial charge on any atom is -0.325 e. The van der Waals surface area contributed by atoms with E-state index in [4.69, 9.17) is 5.73 Å². The Hall–Kier alpha value is -0.960. The molecule has 0 saturated heterocycles. The van der Waals surface area contributed by atoms with E-state index in [1.165, 1.54) is 0 Å². The fourth-order valence-electron chi connectivity index (χ4n) is 1.93. The van der Waals surface area contributed by atoms with Crippen LogP contribution in [0.15, 0.2) is 18.6 Å². The number of hydrogen-bond donors (Lipinski definition) is 1. The molecular formula is C10H15N3. The van der Waals surface area contributed by atoms with Crippen LogP contribution in [0, 0.1) is 0 Å². The molecule has 1 fully saturated rings. The van der Waals surface area contributed by atoms with E-state index in [0.717, 1.165) is 18.5 Å². The maximum absolute atomic E-state index is 6.15. The Bertz CT molecular complexity index is 296. The lowest BCUT2D eigenvalue weighted by Gasteiger charge is -2.29. The first kappa shape index (κ1) is 8.63. The first-order valence-electron chi connectivity index (χ1n) is 4.62. The molecule has 1 aromatic heterocycles. The van der Waals surface area contributed by atoms with Crippen LogP contribution in [0.1, 0.15) is 32.4 Å². The molecule has 1 aliphatic rings. The molecule has 0 bridgehead atoms. The summed E-state index contributed by atoms with van der Waals surface area (Å²) in [6.07, 6.45) is 5.68. The number of nitrogens with zero attached hydrogens (tertiary/aromatic N) is 2. The Morgan fingerprint density at radius 2 is 2.15 bits per heavy atom. The maximum atomic E-state index is 6.15. The van der Waals surface area contributed by atoms with Gasteiger partial charge in [0.15, 0.2) is 0 Å². The zero-order chi connectivity index (χ0) is 9.53. The summed E-state index contributed by atoms with van der Waals surface area (Å²) in [7, 11) is 0. The smallest absolute Gasteiger partial charge is 0.115 e. The number of nitrogens with two attached hydrogens (primary N) is 1. The first-order valence-corrected chi connectivity index (χ1v) is 4.62. The van der Waals surface area contributed by atoms with E-state index >= 15 is 0 Å². The third kappa shape index (κ3) is 1.23. The molecule has 1 aliphatic carbocycles. The lowest BCUT2D eigenvalue weighted by molar-refractivity contribution is 0.383. The van der Waals surface area contributed by atoms with E-state index in [0.29, 0.717) is 0 Å². The average molecular weight is 177 g/mol. The molecular weight excluding hydrogens is 162 g/mol. The molecule has 0 spiro atoms. The molecule has 0 amide bonds. The highest BCUT2D eigenvalue weighted by Gasteiger charge is 2.54. The lowest BCUT2D eigenvalue weighted by Crippen LogP contribution is -2.45. The molecule has 1 aromatic rings. The number of rotatable bonds is 2. The minimum atomic E-state index is -0.179. The molecule has 0 aliphatic heterocycles. The highest BCUT2D eigenvalue weighted by molar-refractivity contribution is 5.29. The highest BCUT2D eigenvalue weighted by Crippen LogP contribution is 2.53. The fraction of sp³-hybridized carbons (Fsp3) is 0.600. The van der Waals surface area contributed by atoms with Gasteiger partial charge in [-0.2, -0.15) is 0 Å². The largest absolute Gasteiger partial charge is 0.325 e. The van der Waals surface area contributed by atoms with Gasteiger partial charge >= 0.3 is 0 Å². The van der Waals surface area contributed by atoms with Crippen LogP contribution in [0.25, 0.3) is 0 Å². The van der Waals surface area contributed by atoms with E-state index in [2.05, 4.69) is 23.8 Å². The van der Waals surface area contributed by atoms with Crippen LogP contribution in [-0.2, 0) is 5.41 Å². The van der Waals surface area contributed by atoms with Crippen molar-refractivity contribution in [1.29, 1.82) is 0 Å². The van der Waals surface area contributed by atoms with Gasteiger partial charge in [-0.15, -0.1) is 0 Å². The molecule has 0 aromatic carbocycles. The summed E-state index contributed by atoms with van der Waals surface area (Å²) in [6.45, 7) is 4.14. The van der Waals surface area contributed by atoms with Crippen molar-refractivity contribution in [2.75, 3.05) is 0 Å². The van der Waals surface area contributed by atoms with Gasteiger partial charge in [-0.1, -0.05) is 0 Å². The van der Waals surface area contributed by atoms with E-state index in [1.54, 1.807) is 12.5 Å². The first-order chi connectivity index (χ1) is 6.06. The third-order valence-corrected chi connectivity index (χ3v) is 3.06. The van der Waals surface area contributed by atoms with Gasteiger partial charge in [-0.3, -0.25) is 0 Å². The predicted octanol–water partition coefficient (Wildman–Crippen LogP) is 1.25. The Kier molecular flexibility index (Phi) is 1.67. The molecule has 2 rings (SSSR count). The zero-order valence-corrected chi connectivity index (χ0v) is 8.12. The highest BCUT2D eigenvalue weighted by atomic mass is 14.9. The molecule has 0 unspecified atom stereocenters. The van der Waals surface area contributed by atoms with Crippen molar-refractivity contribution in [3.8, 4) is 0 Å². The monoisotopic (exact) mass is 177 g/mol. The summed E-state index contributed by atoms with van der Waals surface area (Å²) >= 11 is 0. The molecule has 3 heteroatoms. The van der Waals surface area contributed by atoms with Crippen LogP contribution >= 0.6 is 0 Å². The summed E-state index contributed by atoms with van der Waals surface area (Å²) in [5, 5.41) is 0. The van der Waals surface area contributed by atoms with E-state index in [-0.39, 0.29) is 11.0 Å². The minimum absolute atomic E-state index is 0.107. The molecule has 13 heavy (non-hydrogen) atoms. The second-order valence-corrected chi connectivity index (χ2v) is 4.40. The molecule has 1 heterocycles. The van der Waals surface area contributed by atoms with Gasteiger partial charge in [0, 0.05) is 17.2 Å². The number of aromatic nitrogens is 2. The Balaban J connectivity index is 2.37. The van der Waals surface area contributed by atoms with Crippen molar-refractivity contribution < 1.29 is 0 Å².